The van der Waals surface area contributed by atoms with E-state index in [1.165, 1.54) is 28.0 Å². The van der Waals surface area contributed by atoms with Crippen LogP contribution in [-0.4, -0.2) is 13.0 Å². The van der Waals surface area contributed by atoms with Crippen molar-refractivity contribution < 1.29 is 12.8 Å². The normalized spacial score (nSPS) is 13.5. The molecule has 0 saturated heterocycles. The first kappa shape index (κ1) is 15.0. The average molecular weight is 338 g/mol. The molecule has 1 N–H and O–H groups in total. The van der Waals surface area contributed by atoms with Gasteiger partial charge in [-0.3, -0.25) is 4.57 Å². The van der Waals surface area contributed by atoms with Gasteiger partial charge in [0.25, 0.3) is 0 Å². The van der Waals surface area contributed by atoms with E-state index in [1.807, 2.05) is 17.5 Å². The molecule has 1 atom stereocenters. The predicted molar refractivity (Wildman–Crippen MR) is 84.5 cm³/mol. The number of sulfonamides is 1. The molecule has 0 radical (unpaired) electrons. The molecular formula is C14H14N2O4S2. The van der Waals surface area contributed by atoms with Gasteiger partial charge in [-0.05, 0) is 30.5 Å². The molecule has 0 aliphatic heterocycles. The van der Waals surface area contributed by atoms with E-state index in [0.717, 1.165) is 4.88 Å². The molecule has 3 rings (SSSR count). The van der Waals surface area contributed by atoms with Crippen molar-refractivity contribution in [1.29, 1.82) is 0 Å². The number of thiophene rings is 1. The Balaban J connectivity index is 1.96. The van der Waals surface area contributed by atoms with E-state index >= 15 is 0 Å². The highest BCUT2D eigenvalue weighted by molar-refractivity contribution is 7.89. The molecule has 0 spiro atoms. The second-order valence-corrected chi connectivity index (χ2v) is 7.61. The number of hydrogen-bond donors (Lipinski definition) is 1. The van der Waals surface area contributed by atoms with Crippen molar-refractivity contribution in [1.82, 2.24) is 9.29 Å². The molecule has 0 saturated carbocycles. The van der Waals surface area contributed by atoms with Gasteiger partial charge >= 0.3 is 5.76 Å². The minimum Gasteiger partial charge on any atom is -0.408 e. The molecule has 8 heteroatoms. The average Bonchev–Trinajstić information content (AvgIpc) is 3.08. The lowest BCUT2D eigenvalue weighted by molar-refractivity contribution is 0.527. The maximum absolute atomic E-state index is 12.4. The van der Waals surface area contributed by atoms with Crippen LogP contribution in [0.3, 0.4) is 0 Å². The molecular weight excluding hydrogens is 324 g/mol. The molecule has 6 nitrogen and oxygen atoms in total. The van der Waals surface area contributed by atoms with E-state index < -0.39 is 15.8 Å². The van der Waals surface area contributed by atoms with E-state index in [-0.39, 0.29) is 16.5 Å². The first-order valence-corrected chi connectivity index (χ1v) is 8.90. The number of hydrogen-bond acceptors (Lipinski definition) is 5. The second-order valence-electron chi connectivity index (χ2n) is 4.91. The van der Waals surface area contributed by atoms with Crippen LogP contribution in [-0.2, 0) is 17.1 Å². The number of nitrogens with zero attached hydrogens (tertiary/aromatic N) is 1. The van der Waals surface area contributed by atoms with E-state index in [0.29, 0.717) is 5.52 Å². The fourth-order valence-electron chi connectivity index (χ4n) is 2.18. The van der Waals surface area contributed by atoms with Crippen molar-refractivity contribution >= 4 is 32.5 Å². The Labute approximate surface area is 131 Å². The summed E-state index contributed by atoms with van der Waals surface area (Å²) in [6.45, 7) is 1.78. The number of aryl methyl sites for hydroxylation is 1. The topological polar surface area (TPSA) is 81.3 Å². The predicted octanol–water partition coefficient (Wildman–Crippen LogP) is 2.23. The quantitative estimate of drug-likeness (QED) is 0.791. The number of aromatic nitrogens is 1. The third-order valence-corrected chi connectivity index (χ3v) is 5.97. The summed E-state index contributed by atoms with van der Waals surface area (Å²) >= 11 is 1.48. The van der Waals surface area contributed by atoms with Crippen LogP contribution in [0.1, 0.15) is 17.8 Å². The first-order chi connectivity index (χ1) is 10.4. The van der Waals surface area contributed by atoms with Crippen molar-refractivity contribution in [2.75, 3.05) is 0 Å². The van der Waals surface area contributed by atoms with Gasteiger partial charge in [0.15, 0.2) is 5.58 Å². The zero-order valence-electron chi connectivity index (χ0n) is 11.9. The molecule has 0 bridgehead atoms. The summed E-state index contributed by atoms with van der Waals surface area (Å²) < 4.78 is 33.9. The van der Waals surface area contributed by atoms with Crippen LogP contribution >= 0.6 is 11.3 Å². The zero-order valence-corrected chi connectivity index (χ0v) is 13.6. The fraction of sp³-hybridized carbons (Fsp3) is 0.214. The Morgan fingerprint density at radius 2 is 2.09 bits per heavy atom. The number of oxazole rings is 1. The largest absolute Gasteiger partial charge is 0.419 e. The summed E-state index contributed by atoms with van der Waals surface area (Å²) in [4.78, 5) is 12.5. The number of benzene rings is 1. The third-order valence-electron chi connectivity index (χ3n) is 3.38. The van der Waals surface area contributed by atoms with Crippen LogP contribution in [0.5, 0.6) is 0 Å². The summed E-state index contributed by atoms with van der Waals surface area (Å²) in [5.41, 5.74) is 0.800. The van der Waals surface area contributed by atoms with E-state index in [4.69, 9.17) is 4.42 Å². The lowest BCUT2D eigenvalue weighted by Gasteiger charge is -2.12. The number of rotatable bonds is 4. The van der Waals surface area contributed by atoms with Crippen molar-refractivity contribution in [3.63, 3.8) is 0 Å². The molecule has 1 aromatic carbocycles. The van der Waals surface area contributed by atoms with Crippen molar-refractivity contribution in [2.24, 2.45) is 7.05 Å². The Morgan fingerprint density at radius 3 is 2.77 bits per heavy atom. The highest BCUT2D eigenvalue weighted by Gasteiger charge is 2.20. The van der Waals surface area contributed by atoms with Crippen LogP contribution in [0.15, 0.2) is 49.8 Å². The lowest BCUT2D eigenvalue weighted by atomic mass is 10.3. The maximum Gasteiger partial charge on any atom is 0.419 e. The Bertz CT molecular complexity index is 968. The summed E-state index contributed by atoms with van der Waals surface area (Å²) in [6, 6.07) is 7.79. The summed E-state index contributed by atoms with van der Waals surface area (Å²) in [7, 11) is -2.13. The van der Waals surface area contributed by atoms with Gasteiger partial charge in [0.2, 0.25) is 10.0 Å². The minimum atomic E-state index is -3.70. The van der Waals surface area contributed by atoms with E-state index in [2.05, 4.69) is 4.72 Å². The Morgan fingerprint density at radius 1 is 1.32 bits per heavy atom. The summed E-state index contributed by atoms with van der Waals surface area (Å²) in [6.07, 6.45) is 0. The maximum atomic E-state index is 12.4. The fourth-order valence-corrected chi connectivity index (χ4v) is 4.22. The van der Waals surface area contributed by atoms with Gasteiger partial charge in [-0.25, -0.2) is 17.9 Å². The number of fused-ring (bicyclic) bond motifs is 1. The van der Waals surface area contributed by atoms with Gasteiger partial charge in [0.05, 0.1) is 16.5 Å². The molecule has 2 heterocycles. The standard InChI is InChI=1S/C14H14N2O4S2/c1-9(13-4-3-7-21-13)15-22(18,19)10-5-6-11-12(8-10)20-14(17)16(11)2/h3-9,15H,1-2H3. The van der Waals surface area contributed by atoms with Crippen molar-refractivity contribution in [3.8, 4) is 0 Å². The van der Waals surface area contributed by atoms with Gasteiger partial charge in [0.1, 0.15) is 0 Å². The van der Waals surface area contributed by atoms with Crippen LogP contribution in [0.4, 0.5) is 0 Å². The molecule has 0 aliphatic rings. The SMILES string of the molecule is CC(NS(=O)(=O)c1ccc2c(c1)oc(=O)n2C)c1cccs1. The van der Waals surface area contributed by atoms with Crippen molar-refractivity contribution in [3.05, 3.63) is 51.1 Å². The molecule has 0 fully saturated rings. The smallest absolute Gasteiger partial charge is 0.408 e. The molecule has 3 aromatic rings. The second kappa shape index (κ2) is 5.38. The molecule has 1 unspecified atom stereocenters. The van der Waals surface area contributed by atoms with E-state index in [1.54, 1.807) is 20.0 Å². The number of nitrogens with one attached hydrogen (secondary N) is 1. The lowest BCUT2D eigenvalue weighted by Crippen LogP contribution is -2.26. The van der Waals surface area contributed by atoms with Gasteiger partial charge in [-0.15, -0.1) is 11.3 Å². The molecule has 0 aliphatic carbocycles. The highest BCUT2D eigenvalue weighted by atomic mass is 32.2. The monoisotopic (exact) mass is 338 g/mol. The van der Waals surface area contributed by atoms with Crippen LogP contribution in [0, 0.1) is 0 Å². The zero-order chi connectivity index (χ0) is 15.9. The minimum absolute atomic E-state index is 0.0674. The Hall–Kier alpha value is -1.90. The molecule has 0 amide bonds. The van der Waals surface area contributed by atoms with Crippen LogP contribution < -0.4 is 10.5 Å². The van der Waals surface area contributed by atoms with Gasteiger partial charge in [-0.1, -0.05) is 6.07 Å². The van der Waals surface area contributed by atoms with Crippen LogP contribution in [0.2, 0.25) is 0 Å². The highest BCUT2D eigenvalue weighted by Crippen LogP contribution is 2.22. The van der Waals surface area contributed by atoms with Crippen molar-refractivity contribution in [2.45, 2.75) is 17.9 Å². The third kappa shape index (κ3) is 2.60. The summed E-state index contributed by atoms with van der Waals surface area (Å²) in [5.74, 6) is -0.524. The van der Waals surface area contributed by atoms with E-state index in [9.17, 15) is 13.2 Å². The van der Waals surface area contributed by atoms with Gasteiger partial charge in [0, 0.05) is 18.0 Å². The molecule has 116 valence electrons. The van der Waals surface area contributed by atoms with Gasteiger partial charge in [-0.2, -0.15) is 0 Å². The molecule has 2 aromatic heterocycles. The summed E-state index contributed by atoms with van der Waals surface area (Å²) in [5, 5.41) is 1.89. The van der Waals surface area contributed by atoms with Gasteiger partial charge < -0.3 is 4.42 Å². The first-order valence-electron chi connectivity index (χ1n) is 6.54. The Kier molecular flexibility index (Phi) is 3.67. The molecule has 22 heavy (non-hydrogen) atoms. The van der Waals surface area contributed by atoms with Crippen LogP contribution in [0.25, 0.3) is 11.1 Å².